The van der Waals surface area contributed by atoms with Crippen LogP contribution < -0.4 is 4.74 Å². The second-order valence-corrected chi connectivity index (χ2v) is 3.19. The molecule has 4 heteroatoms. The van der Waals surface area contributed by atoms with Gasteiger partial charge in [-0.05, 0) is 24.3 Å². The number of hydrogen-bond donors (Lipinski definition) is 0. The molecule has 0 heterocycles. The molecule has 0 aliphatic heterocycles. The lowest BCUT2D eigenvalue weighted by Gasteiger charge is -1.99. The summed E-state index contributed by atoms with van der Waals surface area (Å²) in [5.74, 6) is 0.335. The Hall–Kier alpha value is -2.49. The van der Waals surface area contributed by atoms with Crippen molar-refractivity contribution in [3.05, 3.63) is 54.6 Å². The Labute approximate surface area is 98.6 Å². The molecule has 0 atom stereocenters. The third-order valence-corrected chi connectivity index (χ3v) is 2.05. The normalized spacial score (nSPS) is 10.4. The Kier molecular flexibility index (Phi) is 3.60. The Morgan fingerprint density at radius 3 is 2.35 bits per heavy atom. The van der Waals surface area contributed by atoms with E-state index in [4.69, 9.17) is 0 Å². The first-order valence-corrected chi connectivity index (χ1v) is 5.00. The Balaban J connectivity index is 2.24. The third-order valence-electron chi connectivity index (χ3n) is 2.05. The van der Waals surface area contributed by atoms with Crippen LogP contribution in [0.1, 0.15) is 0 Å². The highest BCUT2D eigenvalue weighted by Gasteiger charge is 2.01. The molecule has 2 aromatic rings. The second-order valence-electron chi connectivity index (χ2n) is 3.19. The minimum absolute atomic E-state index is 0.335. The molecule has 4 nitrogen and oxygen atoms in total. The summed E-state index contributed by atoms with van der Waals surface area (Å²) in [6, 6.07) is 16.2. The molecule has 0 unspecified atom stereocenters. The number of para-hydroxylation sites is 1. The summed E-state index contributed by atoms with van der Waals surface area (Å²) in [7, 11) is 0. The molecule has 0 aromatic heterocycles. The first kappa shape index (κ1) is 11.0. The molecular formula is C13H9N2O2. The molecule has 0 aliphatic carbocycles. The average molecular weight is 225 g/mol. The highest BCUT2D eigenvalue weighted by molar-refractivity contribution is 5.57. The molecule has 0 saturated carbocycles. The molecule has 0 bridgehead atoms. The van der Waals surface area contributed by atoms with Crippen LogP contribution in [0.25, 0.3) is 0 Å². The van der Waals surface area contributed by atoms with Crippen molar-refractivity contribution in [2.75, 3.05) is 0 Å². The second kappa shape index (κ2) is 5.55. The van der Waals surface area contributed by atoms with E-state index in [-0.39, 0.29) is 0 Å². The summed E-state index contributed by atoms with van der Waals surface area (Å²) in [5, 5.41) is 8.05. The molecule has 0 saturated heterocycles. The van der Waals surface area contributed by atoms with Crippen LogP contribution in [-0.2, 0) is 4.79 Å². The number of benzene rings is 2. The maximum atomic E-state index is 10.2. The Morgan fingerprint density at radius 2 is 1.59 bits per heavy atom. The summed E-state index contributed by atoms with van der Waals surface area (Å²) in [5.41, 5.74) is 1.22. The molecule has 0 aliphatic rings. The molecule has 0 amide bonds. The van der Waals surface area contributed by atoms with Crippen molar-refractivity contribution in [3.63, 3.8) is 0 Å². The van der Waals surface area contributed by atoms with Gasteiger partial charge in [0.1, 0.15) is 5.69 Å². The van der Waals surface area contributed by atoms with E-state index in [1.165, 1.54) is 6.47 Å². The molecule has 17 heavy (non-hydrogen) atoms. The summed E-state index contributed by atoms with van der Waals surface area (Å²) in [4.78, 5) is 10.2. The lowest BCUT2D eigenvalue weighted by atomic mass is 10.3. The van der Waals surface area contributed by atoms with Gasteiger partial charge in [0, 0.05) is 0 Å². The van der Waals surface area contributed by atoms with Crippen LogP contribution in [0.5, 0.6) is 5.75 Å². The van der Waals surface area contributed by atoms with Crippen molar-refractivity contribution >= 4 is 17.8 Å². The fourth-order valence-electron chi connectivity index (χ4n) is 1.28. The zero-order chi connectivity index (χ0) is 11.9. The van der Waals surface area contributed by atoms with Crippen LogP contribution in [0.4, 0.5) is 11.4 Å². The van der Waals surface area contributed by atoms with Gasteiger partial charge in [-0.15, -0.1) is 5.11 Å². The first-order valence-electron chi connectivity index (χ1n) is 5.00. The van der Waals surface area contributed by atoms with Gasteiger partial charge in [0.05, 0.1) is 5.69 Å². The number of nitrogens with zero attached hydrogens (tertiary/aromatic N) is 2. The average Bonchev–Trinajstić information content (AvgIpc) is 2.39. The zero-order valence-electron chi connectivity index (χ0n) is 8.91. The molecule has 2 rings (SSSR count). The van der Waals surface area contributed by atoms with E-state index in [9.17, 15) is 4.79 Å². The van der Waals surface area contributed by atoms with Gasteiger partial charge in [-0.3, -0.25) is 0 Å². The van der Waals surface area contributed by atoms with Gasteiger partial charge < -0.3 is 4.74 Å². The highest BCUT2D eigenvalue weighted by atomic mass is 16.5. The molecular weight excluding hydrogens is 216 g/mol. The number of ether oxygens (including phenoxy) is 1. The summed E-state index contributed by atoms with van der Waals surface area (Å²) in [6.07, 6.45) is 0. The SMILES string of the molecule is O=[C]Oc1ccccc1/N=N/c1ccccc1. The van der Waals surface area contributed by atoms with Gasteiger partial charge in [0.25, 0.3) is 0 Å². The van der Waals surface area contributed by atoms with Crippen LogP contribution in [0.15, 0.2) is 64.8 Å². The maximum absolute atomic E-state index is 10.2. The molecule has 1 radical (unpaired) electrons. The molecule has 83 valence electrons. The molecule has 2 aromatic carbocycles. The van der Waals surface area contributed by atoms with Crippen molar-refractivity contribution in [1.29, 1.82) is 0 Å². The Bertz CT molecular complexity index is 524. The van der Waals surface area contributed by atoms with Gasteiger partial charge in [-0.25, -0.2) is 4.79 Å². The molecule has 0 fully saturated rings. The van der Waals surface area contributed by atoms with E-state index in [1.54, 1.807) is 24.3 Å². The zero-order valence-corrected chi connectivity index (χ0v) is 8.91. The van der Waals surface area contributed by atoms with Crippen LogP contribution in [0, 0.1) is 0 Å². The van der Waals surface area contributed by atoms with Crippen molar-refractivity contribution < 1.29 is 9.53 Å². The van der Waals surface area contributed by atoms with E-state index in [0.29, 0.717) is 11.4 Å². The van der Waals surface area contributed by atoms with Crippen molar-refractivity contribution in [2.45, 2.75) is 0 Å². The van der Waals surface area contributed by atoms with E-state index >= 15 is 0 Å². The van der Waals surface area contributed by atoms with E-state index in [2.05, 4.69) is 15.0 Å². The van der Waals surface area contributed by atoms with E-state index in [0.717, 1.165) is 5.69 Å². The standard InChI is InChI=1S/C13H9N2O2/c16-10-17-13-9-5-4-8-12(13)15-14-11-6-2-1-3-7-11/h1-9H/b15-14+. The van der Waals surface area contributed by atoms with Crippen LogP contribution in [-0.4, -0.2) is 6.47 Å². The number of carbonyl (C=O) groups excluding carboxylic acids is 1. The fraction of sp³-hybridized carbons (Fsp3) is 0. The molecule has 0 N–H and O–H groups in total. The number of azo groups is 1. The highest BCUT2D eigenvalue weighted by Crippen LogP contribution is 2.28. The van der Waals surface area contributed by atoms with Gasteiger partial charge in [-0.2, -0.15) is 5.11 Å². The number of hydrogen-bond acceptors (Lipinski definition) is 4. The monoisotopic (exact) mass is 225 g/mol. The van der Waals surface area contributed by atoms with E-state index < -0.39 is 0 Å². The maximum Gasteiger partial charge on any atom is 0.423 e. The number of rotatable bonds is 4. The minimum Gasteiger partial charge on any atom is -0.416 e. The van der Waals surface area contributed by atoms with Gasteiger partial charge in [-0.1, -0.05) is 30.3 Å². The fourth-order valence-corrected chi connectivity index (χ4v) is 1.28. The van der Waals surface area contributed by atoms with Crippen molar-refractivity contribution in [3.8, 4) is 5.75 Å². The van der Waals surface area contributed by atoms with Crippen LogP contribution >= 0.6 is 0 Å². The predicted octanol–water partition coefficient (Wildman–Crippen LogP) is 3.55. The topological polar surface area (TPSA) is 51.0 Å². The van der Waals surface area contributed by atoms with E-state index in [1.807, 2.05) is 30.3 Å². The smallest absolute Gasteiger partial charge is 0.416 e. The van der Waals surface area contributed by atoms with Crippen molar-refractivity contribution in [2.24, 2.45) is 10.2 Å². The summed E-state index contributed by atoms with van der Waals surface area (Å²) in [6.45, 7) is 1.37. The lowest BCUT2D eigenvalue weighted by Crippen LogP contribution is -1.87. The predicted molar refractivity (Wildman–Crippen MR) is 63.4 cm³/mol. The largest absolute Gasteiger partial charge is 0.423 e. The van der Waals surface area contributed by atoms with Gasteiger partial charge in [0.15, 0.2) is 5.75 Å². The van der Waals surface area contributed by atoms with Crippen molar-refractivity contribution in [1.82, 2.24) is 0 Å². The quantitative estimate of drug-likeness (QED) is 0.747. The Morgan fingerprint density at radius 1 is 0.882 bits per heavy atom. The lowest BCUT2D eigenvalue weighted by molar-refractivity contribution is 0.443. The summed E-state index contributed by atoms with van der Waals surface area (Å²) < 4.78 is 4.67. The minimum atomic E-state index is 0.335. The first-order chi connectivity index (χ1) is 8.40. The molecule has 0 spiro atoms. The van der Waals surface area contributed by atoms with Gasteiger partial charge >= 0.3 is 6.47 Å². The van der Waals surface area contributed by atoms with Crippen LogP contribution in [0.2, 0.25) is 0 Å². The van der Waals surface area contributed by atoms with Gasteiger partial charge in [0.2, 0.25) is 0 Å². The van der Waals surface area contributed by atoms with Crippen LogP contribution in [0.3, 0.4) is 0 Å². The third kappa shape index (κ3) is 2.98. The summed E-state index contributed by atoms with van der Waals surface area (Å²) >= 11 is 0.